The lowest BCUT2D eigenvalue weighted by atomic mass is 9.50. The number of aryl methyl sites for hydroxylation is 1. The van der Waals surface area contributed by atoms with E-state index < -0.39 is 0 Å². The van der Waals surface area contributed by atoms with Crippen molar-refractivity contribution in [2.24, 2.45) is 0 Å². The van der Waals surface area contributed by atoms with Gasteiger partial charge in [0.2, 0.25) is 0 Å². The minimum absolute atomic E-state index is 0.545. The Hall–Kier alpha value is -1.03. The van der Waals surface area contributed by atoms with Crippen LogP contribution in [0.25, 0.3) is 0 Å². The fourth-order valence-electron chi connectivity index (χ4n) is 1.80. The zero-order valence-electron chi connectivity index (χ0n) is 12.5. The minimum atomic E-state index is 0.545. The van der Waals surface area contributed by atoms with Crippen LogP contribution in [0.1, 0.15) is 19.4 Å². The SMILES string of the molecule is CCc1cc(B(C)C)cnc1NCCN(C)CC. The van der Waals surface area contributed by atoms with Gasteiger partial charge < -0.3 is 10.2 Å². The van der Waals surface area contributed by atoms with Crippen molar-refractivity contribution in [2.75, 3.05) is 32.0 Å². The average molecular weight is 247 g/mol. The fourth-order valence-corrected chi connectivity index (χ4v) is 1.80. The van der Waals surface area contributed by atoms with Gasteiger partial charge in [-0.15, -0.1) is 0 Å². The van der Waals surface area contributed by atoms with Crippen LogP contribution in [0.3, 0.4) is 0 Å². The van der Waals surface area contributed by atoms with Crippen LogP contribution in [0.4, 0.5) is 5.82 Å². The van der Waals surface area contributed by atoms with Crippen LogP contribution in [0.2, 0.25) is 13.6 Å². The zero-order chi connectivity index (χ0) is 13.5. The molecule has 0 aliphatic carbocycles. The standard InChI is InChI=1S/C14H26BN3/c1-6-12-10-13(15(3)4)11-17-14(12)16-8-9-18(5)7-2/h10-11H,6-9H2,1-5H3,(H,16,17). The number of nitrogens with zero attached hydrogens (tertiary/aromatic N) is 2. The highest BCUT2D eigenvalue weighted by molar-refractivity contribution is 6.70. The summed E-state index contributed by atoms with van der Waals surface area (Å²) in [6.45, 7) is 12.4. The molecule has 1 heterocycles. The summed E-state index contributed by atoms with van der Waals surface area (Å²) in [5.41, 5.74) is 2.64. The second-order valence-electron chi connectivity index (χ2n) is 5.11. The van der Waals surface area contributed by atoms with Crippen LogP contribution >= 0.6 is 0 Å². The Balaban J connectivity index is 2.65. The third-order valence-corrected chi connectivity index (χ3v) is 3.36. The van der Waals surface area contributed by atoms with E-state index in [2.05, 4.69) is 55.8 Å². The van der Waals surface area contributed by atoms with E-state index >= 15 is 0 Å². The number of hydrogen-bond donors (Lipinski definition) is 1. The first kappa shape index (κ1) is 15.0. The molecule has 1 rings (SSSR count). The van der Waals surface area contributed by atoms with E-state index in [0.717, 1.165) is 31.9 Å². The highest BCUT2D eigenvalue weighted by Gasteiger charge is 2.08. The van der Waals surface area contributed by atoms with Crippen molar-refractivity contribution in [1.29, 1.82) is 0 Å². The molecule has 18 heavy (non-hydrogen) atoms. The average Bonchev–Trinajstić information content (AvgIpc) is 2.38. The number of anilines is 1. The van der Waals surface area contributed by atoms with Crippen LogP contribution in [-0.2, 0) is 6.42 Å². The Kier molecular flexibility index (Phi) is 6.20. The maximum absolute atomic E-state index is 4.56. The first-order chi connectivity index (χ1) is 8.58. The predicted octanol–water partition coefficient (Wildman–Crippen LogP) is 1.97. The second kappa shape index (κ2) is 7.42. The summed E-state index contributed by atoms with van der Waals surface area (Å²) in [6, 6.07) is 2.28. The number of nitrogens with one attached hydrogen (secondary N) is 1. The topological polar surface area (TPSA) is 28.2 Å². The Morgan fingerprint density at radius 2 is 2.06 bits per heavy atom. The summed E-state index contributed by atoms with van der Waals surface area (Å²) in [7, 11) is 2.14. The highest BCUT2D eigenvalue weighted by atomic mass is 15.1. The van der Waals surface area contributed by atoms with Gasteiger partial charge in [0.15, 0.2) is 6.71 Å². The van der Waals surface area contributed by atoms with Gasteiger partial charge in [-0.05, 0) is 25.6 Å². The first-order valence-corrected chi connectivity index (χ1v) is 6.99. The van der Waals surface area contributed by atoms with Gasteiger partial charge in [0, 0.05) is 19.3 Å². The predicted molar refractivity (Wildman–Crippen MR) is 82.4 cm³/mol. The summed E-state index contributed by atoms with van der Waals surface area (Å²) < 4.78 is 0. The third kappa shape index (κ3) is 4.33. The van der Waals surface area contributed by atoms with Gasteiger partial charge in [-0.1, -0.05) is 39.0 Å². The maximum atomic E-state index is 4.56. The summed E-state index contributed by atoms with van der Waals surface area (Å²) in [5.74, 6) is 1.05. The molecule has 0 atom stereocenters. The quantitative estimate of drug-likeness (QED) is 0.747. The molecular weight excluding hydrogens is 221 g/mol. The molecule has 0 spiro atoms. The molecule has 0 bridgehead atoms. The fraction of sp³-hybridized carbons (Fsp3) is 0.643. The number of hydrogen-bond acceptors (Lipinski definition) is 3. The van der Waals surface area contributed by atoms with E-state index in [-0.39, 0.29) is 0 Å². The monoisotopic (exact) mass is 247 g/mol. The highest BCUT2D eigenvalue weighted by Crippen LogP contribution is 2.11. The van der Waals surface area contributed by atoms with E-state index in [1.165, 1.54) is 11.0 Å². The van der Waals surface area contributed by atoms with E-state index in [4.69, 9.17) is 0 Å². The Morgan fingerprint density at radius 1 is 1.33 bits per heavy atom. The molecule has 0 aliphatic heterocycles. The van der Waals surface area contributed by atoms with Gasteiger partial charge >= 0.3 is 0 Å². The number of rotatable bonds is 7. The summed E-state index contributed by atoms with van der Waals surface area (Å²) >= 11 is 0. The molecule has 0 fully saturated rings. The van der Waals surface area contributed by atoms with Crippen LogP contribution in [-0.4, -0.2) is 43.3 Å². The molecule has 0 saturated heterocycles. The Morgan fingerprint density at radius 3 is 2.61 bits per heavy atom. The van der Waals surface area contributed by atoms with Crippen molar-refractivity contribution < 1.29 is 0 Å². The van der Waals surface area contributed by atoms with Gasteiger partial charge in [0.05, 0.1) is 0 Å². The Labute approximate surface area is 112 Å². The van der Waals surface area contributed by atoms with Crippen LogP contribution in [0.5, 0.6) is 0 Å². The van der Waals surface area contributed by atoms with Crippen LogP contribution in [0, 0.1) is 0 Å². The molecular formula is C14H26BN3. The van der Waals surface area contributed by atoms with Crippen molar-refractivity contribution >= 4 is 18.0 Å². The van der Waals surface area contributed by atoms with Gasteiger partial charge in [0.1, 0.15) is 5.82 Å². The normalized spacial score (nSPS) is 10.8. The summed E-state index contributed by atoms with van der Waals surface area (Å²) in [4.78, 5) is 6.86. The molecule has 1 aromatic heterocycles. The lowest BCUT2D eigenvalue weighted by Crippen LogP contribution is -2.27. The van der Waals surface area contributed by atoms with Crippen LogP contribution in [0.15, 0.2) is 12.3 Å². The molecule has 0 unspecified atom stereocenters. The second-order valence-corrected chi connectivity index (χ2v) is 5.11. The lowest BCUT2D eigenvalue weighted by molar-refractivity contribution is 0.367. The molecule has 1 N–H and O–H groups in total. The number of likely N-dealkylation sites (N-methyl/N-ethyl adjacent to an activating group) is 1. The maximum Gasteiger partial charge on any atom is 0.171 e. The molecule has 1 aromatic rings. The van der Waals surface area contributed by atoms with Crippen molar-refractivity contribution in [3.05, 3.63) is 17.8 Å². The van der Waals surface area contributed by atoms with E-state index in [0.29, 0.717) is 6.71 Å². The zero-order valence-corrected chi connectivity index (χ0v) is 12.5. The molecule has 0 radical (unpaired) electrons. The van der Waals surface area contributed by atoms with Gasteiger partial charge in [-0.2, -0.15) is 0 Å². The summed E-state index contributed by atoms with van der Waals surface area (Å²) in [5, 5.41) is 3.44. The van der Waals surface area contributed by atoms with Crippen molar-refractivity contribution in [3.63, 3.8) is 0 Å². The summed E-state index contributed by atoms with van der Waals surface area (Å²) in [6.07, 6.45) is 3.02. The lowest BCUT2D eigenvalue weighted by Gasteiger charge is -2.16. The van der Waals surface area contributed by atoms with E-state index in [9.17, 15) is 0 Å². The minimum Gasteiger partial charge on any atom is -0.369 e. The van der Waals surface area contributed by atoms with Crippen molar-refractivity contribution in [2.45, 2.75) is 33.9 Å². The number of pyridine rings is 1. The number of aromatic nitrogens is 1. The van der Waals surface area contributed by atoms with Crippen molar-refractivity contribution in [3.8, 4) is 0 Å². The first-order valence-electron chi connectivity index (χ1n) is 6.99. The Bertz CT molecular complexity index is 366. The largest absolute Gasteiger partial charge is 0.369 e. The molecule has 4 heteroatoms. The van der Waals surface area contributed by atoms with E-state index in [1.807, 2.05) is 6.20 Å². The van der Waals surface area contributed by atoms with Gasteiger partial charge in [-0.3, -0.25) is 0 Å². The molecule has 0 amide bonds. The van der Waals surface area contributed by atoms with Crippen LogP contribution < -0.4 is 10.8 Å². The molecule has 100 valence electrons. The third-order valence-electron chi connectivity index (χ3n) is 3.36. The van der Waals surface area contributed by atoms with Crippen molar-refractivity contribution in [1.82, 2.24) is 9.88 Å². The molecule has 0 aliphatic rings. The molecule has 0 aromatic carbocycles. The van der Waals surface area contributed by atoms with Gasteiger partial charge in [-0.25, -0.2) is 4.98 Å². The smallest absolute Gasteiger partial charge is 0.171 e. The molecule has 0 saturated carbocycles. The van der Waals surface area contributed by atoms with E-state index in [1.54, 1.807) is 0 Å². The van der Waals surface area contributed by atoms with Gasteiger partial charge in [0.25, 0.3) is 0 Å². The molecule has 3 nitrogen and oxygen atoms in total.